The van der Waals surface area contributed by atoms with E-state index in [1.54, 1.807) is 0 Å². The molecule has 1 rings (SSSR count). The molecule has 0 spiro atoms. The molecule has 2 N–H and O–H groups in total. The quantitative estimate of drug-likeness (QED) is 0.325. The Hall–Kier alpha value is -1.15. The third-order valence-corrected chi connectivity index (χ3v) is 5.04. The number of piperazine rings is 1. The third-order valence-electron chi connectivity index (χ3n) is 4.34. The van der Waals surface area contributed by atoms with Crippen molar-refractivity contribution in [2.75, 3.05) is 64.4 Å². The molecule has 1 heterocycles. The number of ether oxygens (including phenoxy) is 1. The van der Waals surface area contributed by atoms with Gasteiger partial charge >= 0.3 is 6.09 Å². The molecule has 1 aliphatic heterocycles. The maximum Gasteiger partial charge on any atom is 0.410 e. The van der Waals surface area contributed by atoms with Crippen LogP contribution in [0.25, 0.3) is 0 Å². The molecule has 164 valence electrons. The van der Waals surface area contributed by atoms with Crippen LogP contribution < -0.4 is 10.6 Å². The Bertz CT molecular complexity index is 460. The van der Waals surface area contributed by atoms with E-state index in [0.29, 0.717) is 0 Å². The van der Waals surface area contributed by atoms with E-state index >= 15 is 0 Å². The molecule has 0 atom stereocenters. The highest BCUT2D eigenvalue weighted by atomic mass is 32.2. The van der Waals surface area contributed by atoms with Gasteiger partial charge < -0.3 is 20.3 Å². The van der Waals surface area contributed by atoms with Crippen molar-refractivity contribution in [1.82, 2.24) is 20.4 Å². The second-order valence-corrected chi connectivity index (χ2v) is 9.04. The van der Waals surface area contributed by atoms with Gasteiger partial charge in [-0.3, -0.25) is 9.89 Å². The first-order valence-electron chi connectivity index (χ1n) is 10.6. The number of nitrogens with zero attached hydrogens (tertiary/aromatic N) is 3. The number of hydrogen-bond donors (Lipinski definition) is 2. The first-order chi connectivity index (χ1) is 13.4. The standard InChI is InChI=1S/C20H41N5O2S/c1-6-21-18(22-10-7-8-17-28-5)23-11-9-12-24-13-15-25(16-14-24)19(26)27-20(2,3)4/h6-17H2,1-5H3,(H2,21,22,23). The smallest absolute Gasteiger partial charge is 0.410 e. The van der Waals surface area contributed by atoms with E-state index < -0.39 is 5.60 Å². The molecule has 0 radical (unpaired) electrons. The third kappa shape index (κ3) is 11.6. The van der Waals surface area contributed by atoms with Crippen molar-refractivity contribution in [3.63, 3.8) is 0 Å². The maximum atomic E-state index is 12.1. The summed E-state index contributed by atoms with van der Waals surface area (Å²) in [5, 5.41) is 6.72. The lowest BCUT2D eigenvalue weighted by molar-refractivity contribution is 0.0145. The molecule has 0 unspecified atom stereocenters. The molecule has 1 aliphatic rings. The number of unbranched alkanes of at least 4 members (excludes halogenated alkanes) is 1. The Morgan fingerprint density at radius 2 is 1.82 bits per heavy atom. The number of guanidine groups is 1. The van der Waals surface area contributed by atoms with Crippen LogP contribution in [0.5, 0.6) is 0 Å². The van der Waals surface area contributed by atoms with E-state index in [9.17, 15) is 4.79 Å². The molecule has 8 heteroatoms. The molecule has 0 bridgehead atoms. The van der Waals surface area contributed by atoms with Gasteiger partial charge in [-0.25, -0.2) is 4.79 Å². The Morgan fingerprint density at radius 3 is 2.43 bits per heavy atom. The highest BCUT2D eigenvalue weighted by molar-refractivity contribution is 7.98. The summed E-state index contributed by atoms with van der Waals surface area (Å²) in [6.07, 6.45) is 5.39. The van der Waals surface area contributed by atoms with Gasteiger partial charge in [0.2, 0.25) is 0 Å². The number of hydrogen-bond acceptors (Lipinski definition) is 5. The van der Waals surface area contributed by atoms with E-state index in [2.05, 4.69) is 33.7 Å². The fraction of sp³-hybridized carbons (Fsp3) is 0.900. The minimum atomic E-state index is -0.431. The number of carbonyl (C=O) groups is 1. The first-order valence-corrected chi connectivity index (χ1v) is 12.0. The molecule has 0 aromatic rings. The SMILES string of the molecule is CCNC(=NCCCN1CCN(C(=O)OC(C)(C)C)CC1)NCCCCSC. The van der Waals surface area contributed by atoms with Crippen molar-refractivity contribution < 1.29 is 9.53 Å². The van der Waals surface area contributed by atoms with Crippen molar-refractivity contribution >= 4 is 23.8 Å². The molecule has 0 saturated carbocycles. The molecule has 0 aromatic carbocycles. The zero-order valence-corrected chi connectivity index (χ0v) is 19.4. The maximum absolute atomic E-state index is 12.1. The lowest BCUT2D eigenvalue weighted by Gasteiger charge is -2.35. The van der Waals surface area contributed by atoms with Gasteiger partial charge in [0.1, 0.15) is 5.60 Å². The van der Waals surface area contributed by atoms with Crippen LogP contribution in [0.15, 0.2) is 4.99 Å². The van der Waals surface area contributed by atoms with Crippen LogP contribution >= 0.6 is 11.8 Å². The fourth-order valence-corrected chi connectivity index (χ4v) is 3.38. The number of nitrogens with one attached hydrogen (secondary N) is 2. The van der Waals surface area contributed by atoms with Crippen molar-refractivity contribution in [1.29, 1.82) is 0 Å². The highest BCUT2D eigenvalue weighted by Crippen LogP contribution is 2.12. The minimum Gasteiger partial charge on any atom is -0.444 e. The number of carbonyl (C=O) groups excluding carboxylic acids is 1. The second-order valence-electron chi connectivity index (χ2n) is 8.05. The van der Waals surface area contributed by atoms with Crippen LogP contribution in [-0.2, 0) is 4.74 Å². The molecule has 28 heavy (non-hydrogen) atoms. The molecular formula is C20H41N5O2S. The van der Waals surface area contributed by atoms with Crippen LogP contribution in [0.3, 0.4) is 0 Å². The average Bonchev–Trinajstić information content (AvgIpc) is 2.64. The largest absolute Gasteiger partial charge is 0.444 e. The molecule has 0 aromatic heterocycles. The molecule has 1 saturated heterocycles. The fourth-order valence-electron chi connectivity index (χ4n) is 2.89. The Kier molecular flexibility index (Phi) is 12.4. The normalized spacial score (nSPS) is 16.2. The molecule has 1 fully saturated rings. The molecular weight excluding hydrogens is 374 g/mol. The van der Waals surface area contributed by atoms with Crippen LogP contribution in [0.1, 0.15) is 47.0 Å². The van der Waals surface area contributed by atoms with Crippen molar-refractivity contribution in [3.8, 4) is 0 Å². The second kappa shape index (κ2) is 13.9. The first kappa shape index (κ1) is 24.9. The molecule has 1 amide bonds. The number of rotatable bonds is 10. The Labute approximate surface area is 176 Å². The topological polar surface area (TPSA) is 69.2 Å². The predicted molar refractivity (Wildman–Crippen MR) is 120 cm³/mol. The zero-order chi connectivity index (χ0) is 20.8. The summed E-state index contributed by atoms with van der Waals surface area (Å²) in [5.41, 5.74) is -0.431. The van der Waals surface area contributed by atoms with Crippen molar-refractivity contribution in [3.05, 3.63) is 0 Å². The minimum absolute atomic E-state index is 0.198. The lowest BCUT2D eigenvalue weighted by Crippen LogP contribution is -2.50. The number of thioether (sulfide) groups is 1. The summed E-state index contributed by atoms with van der Waals surface area (Å²) in [6, 6.07) is 0. The van der Waals surface area contributed by atoms with E-state index in [-0.39, 0.29) is 6.09 Å². The number of aliphatic imine (C=N–C) groups is 1. The van der Waals surface area contributed by atoms with Crippen LogP contribution in [0.2, 0.25) is 0 Å². The van der Waals surface area contributed by atoms with Gasteiger partial charge in [0.05, 0.1) is 0 Å². The van der Waals surface area contributed by atoms with Gasteiger partial charge in [-0.15, -0.1) is 0 Å². The van der Waals surface area contributed by atoms with Gasteiger partial charge in [0, 0.05) is 52.4 Å². The van der Waals surface area contributed by atoms with Gasteiger partial charge in [-0.1, -0.05) is 0 Å². The summed E-state index contributed by atoms with van der Waals surface area (Å²) in [4.78, 5) is 21.0. The zero-order valence-electron chi connectivity index (χ0n) is 18.6. The van der Waals surface area contributed by atoms with Crippen LogP contribution in [0, 0.1) is 0 Å². The van der Waals surface area contributed by atoms with E-state index in [4.69, 9.17) is 4.74 Å². The van der Waals surface area contributed by atoms with Gasteiger partial charge in [-0.05, 0) is 59.0 Å². The molecule has 0 aliphatic carbocycles. The number of amides is 1. The summed E-state index contributed by atoms with van der Waals surface area (Å²) in [5.74, 6) is 2.14. The van der Waals surface area contributed by atoms with Crippen LogP contribution in [0.4, 0.5) is 4.79 Å². The monoisotopic (exact) mass is 415 g/mol. The van der Waals surface area contributed by atoms with Crippen molar-refractivity contribution in [2.45, 2.75) is 52.6 Å². The lowest BCUT2D eigenvalue weighted by atomic mass is 10.2. The summed E-state index contributed by atoms with van der Waals surface area (Å²) >= 11 is 1.90. The van der Waals surface area contributed by atoms with E-state index in [0.717, 1.165) is 64.7 Å². The predicted octanol–water partition coefficient (Wildman–Crippen LogP) is 2.63. The Balaban J connectivity index is 2.22. The highest BCUT2D eigenvalue weighted by Gasteiger charge is 2.25. The van der Waals surface area contributed by atoms with Gasteiger partial charge in [0.15, 0.2) is 5.96 Å². The molecule has 7 nitrogen and oxygen atoms in total. The summed E-state index contributed by atoms with van der Waals surface area (Å²) < 4.78 is 5.45. The Morgan fingerprint density at radius 1 is 1.11 bits per heavy atom. The van der Waals surface area contributed by atoms with E-state index in [1.165, 1.54) is 18.6 Å². The van der Waals surface area contributed by atoms with Gasteiger partial charge in [-0.2, -0.15) is 11.8 Å². The van der Waals surface area contributed by atoms with Crippen molar-refractivity contribution in [2.24, 2.45) is 4.99 Å². The average molecular weight is 416 g/mol. The van der Waals surface area contributed by atoms with E-state index in [1.807, 2.05) is 37.4 Å². The summed E-state index contributed by atoms with van der Waals surface area (Å²) in [6.45, 7) is 14.8. The summed E-state index contributed by atoms with van der Waals surface area (Å²) in [7, 11) is 0. The van der Waals surface area contributed by atoms with Crippen LogP contribution in [-0.4, -0.2) is 91.8 Å². The van der Waals surface area contributed by atoms with Gasteiger partial charge in [0.25, 0.3) is 0 Å².